The maximum Gasteiger partial charge on any atom is 0.0979 e. The fourth-order valence-corrected chi connectivity index (χ4v) is 1.59. The first-order valence-electron chi connectivity index (χ1n) is 5.43. The predicted octanol–water partition coefficient (Wildman–Crippen LogP) is 2.92. The molecule has 0 saturated heterocycles. The summed E-state index contributed by atoms with van der Waals surface area (Å²) in [5, 5.41) is 7.38. The Balaban J connectivity index is 2.76. The second kappa shape index (κ2) is 4.96. The Kier molecular flexibility index (Phi) is 3.89. The number of rotatable bonds is 4. The highest BCUT2D eigenvalue weighted by molar-refractivity contribution is 5.84. The number of nitrogens with two attached hydrogens (primary N) is 1. The molecule has 3 N–H and O–H groups in total. The molecule has 0 aliphatic heterocycles. The number of nitrogens with one attached hydrogen (secondary N) is 1. The fraction of sp³-hybridized carbons (Fsp3) is 0.462. The fourth-order valence-electron chi connectivity index (χ4n) is 1.59. The Bertz CT molecular complexity index is 325. The maximum absolute atomic E-state index is 7.38. The Hall–Kier alpha value is -1.31. The van der Waals surface area contributed by atoms with Gasteiger partial charge in [-0.1, -0.05) is 45.0 Å². The summed E-state index contributed by atoms with van der Waals surface area (Å²) in [4.78, 5) is 0. The van der Waals surface area contributed by atoms with Gasteiger partial charge < -0.3 is 5.73 Å². The van der Waals surface area contributed by atoms with Crippen LogP contribution in [0.5, 0.6) is 0 Å². The Morgan fingerprint density at radius 2 is 1.73 bits per heavy atom. The van der Waals surface area contributed by atoms with Crippen LogP contribution >= 0.6 is 0 Å². The molecule has 0 aromatic heterocycles. The highest BCUT2D eigenvalue weighted by atomic mass is 14.7. The van der Waals surface area contributed by atoms with Crippen molar-refractivity contribution in [3.63, 3.8) is 0 Å². The van der Waals surface area contributed by atoms with Gasteiger partial charge in [-0.3, -0.25) is 5.41 Å². The monoisotopic (exact) mass is 204 g/mol. The summed E-state index contributed by atoms with van der Waals surface area (Å²) in [5.41, 5.74) is 7.94. The first-order valence-corrected chi connectivity index (χ1v) is 5.43. The van der Waals surface area contributed by atoms with Gasteiger partial charge in [0.2, 0.25) is 0 Å². The van der Waals surface area contributed by atoms with Gasteiger partial charge in [-0.05, 0) is 23.5 Å². The number of amidine groups is 1. The predicted molar refractivity (Wildman–Crippen MR) is 65.3 cm³/mol. The number of benzene rings is 1. The van der Waals surface area contributed by atoms with E-state index >= 15 is 0 Å². The Morgan fingerprint density at radius 1 is 1.20 bits per heavy atom. The van der Waals surface area contributed by atoms with Crippen LogP contribution in [0.2, 0.25) is 0 Å². The van der Waals surface area contributed by atoms with E-state index in [1.807, 2.05) is 6.92 Å². The largest absolute Gasteiger partial charge is 0.387 e. The van der Waals surface area contributed by atoms with Crippen LogP contribution in [-0.2, 0) is 6.42 Å². The van der Waals surface area contributed by atoms with Crippen molar-refractivity contribution < 1.29 is 0 Å². The molecule has 1 atom stereocenters. The van der Waals surface area contributed by atoms with Gasteiger partial charge in [0, 0.05) is 5.92 Å². The smallest absolute Gasteiger partial charge is 0.0979 e. The Morgan fingerprint density at radius 3 is 2.13 bits per heavy atom. The molecule has 0 saturated carbocycles. The second-order valence-electron chi connectivity index (χ2n) is 4.52. The zero-order chi connectivity index (χ0) is 11.4. The van der Waals surface area contributed by atoms with E-state index in [-0.39, 0.29) is 11.8 Å². The quantitative estimate of drug-likeness (QED) is 0.575. The van der Waals surface area contributed by atoms with Crippen molar-refractivity contribution in [2.75, 3.05) is 0 Å². The summed E-state index contributed by atoms with van der Waals surface area (Å²) in [6.07, 6.45) is 1.11. The van der Waals surface area contributed by atoms with Crippen LogP contribution in [0.1, 0.15) is 37.8 Å². The molecule has 1 aromatic carbocycles. The van der Waals surface area contributed by atoms with E-state index in [9.17, 15) is 0 Å². The molecule has 0 unspecified atom stereocenters. The summed E-state index contributed by atoms with van der Waals surface area (Å²) in [6.45, 7) is 6.39. The molecule has 15 heavy (non-hydrogen) atoms. The standard InChI is InChI=1S/C13H20N2/c1-9(2)8-11-4-6-12(7-5-11)10(3)13(14)15/h4-7,9-10H,8H2,1-3H3,(H3,14,15)/t10-/m0/s1. The van der Waals surface area contributed by atoms with Crippen LogP contribution in [0.3, 0.4) is 0 Å². The molecule has 82 valence electrons. The SMILES string of the molecule is CC(C)Cc1ccc([C@H](C)C(=N)N)cc1. The molecule has 1 aromatic rings. The van der Waals surface area contributed by atoms with Gasteiger partial charge in [0.1, 0.15) is 0 Å². The zero-order valence-corrected chi connectivity index (χ0v) is 9.75. The van der Waals surface area contributed by atoms with E-state index < -0.39 is 0 Å². The summed E-state index contributed by atoms with van der Waals surface area (Å²) >= 11 is 0. The highest BCUT2D eigenvalue weighted by Gasteiger charge is 2.07. The highest BCUT2D eigenvalue weighted by Crippen LogP contribution is 2.16. The van der Waals surface area contributed by atoms with Gasteiger partial charge in [-0.15, -0.1) is 0 Å². The molecule has 0 fully saturated rings. The summed E-state index contributed by atoms with van der Waals surface area (Å²) < 4.78 is 0. The van der Waals surface area contributed by atoms with Gasteiger partial charge in [0.05, 0.1) is 5.84 Å². The van der Waals surface area contributed by atoms with Crippen LogP contribution in [0.25, 0.3) is 0 Å². The molecule has 0 amide bonds. The van der Waals surface area contributed by atoms with E-state index in [2.05, 4.69) is 38.1 Å². The lowest BCUT2D eigenvalue weighted by molar-refractivity contribution is 0.647. The molecule has 0 aliphatic carbocycles. The summed E-state index contributed by atoms with van der Waals surface area (Å²) in [5.74, 6) is 0.936. The normalized spacial score (nSPS) is 12.8. The van der Waals surface area contributed by atoms with E-state index in [1.165, 1.54) is 5.56 Å². The van der Waals surface area contributed by atoms with Crippen LogP contribution in [0.4, 0.5) is 0 Å². The van der Waals surface area contributed by atoms with Crippen LogP contribution in [-0.4, -0.2) is 5.84 Å². The first-order chi connectivity index (χ1) is 7.00. The van der Waals surface area contributed by atoms with Crippen LogP contribution in [0, 0.1) is 11.3 Å². The van der Waals surface area contributed by atoms with Crippen molar-refractivity contribution in [3.05, 3.63) is 35.4 Å². The second-order valence-corrected chi connectivity index (χ2v) is 4.52. The van der Waals surface area contributed by atoms with Gasteiger partial charge in [-0.2, -0.15) is 0 Å². The lowest BCUT2D eigenvalue weighted by Crippen LogP contribution is -2.17. The molecule has 0 bridgehead atoms. The van der Waals surface area contributed by atoms with E-state index in [0.717, 1.165) is 12.0 Å². The van der Waals surface area contributed by atoms with Gasteiger partial charge >= 0.3 is 0 Å². The van der Waals surface area contributed by atoms with Crippen molar-refractivity contribution in [1.29, 1.82) is 5.41 Å². The maximum atomic E-state index is 7.38. The van der Waals surface area contributed by atoms with Crippen molar-refractivity contribution in [3.8, 4) is 0 Å². The molecule has 0 radical (unpaired) electrons. The first kappa shape index (κ1) is 11.8. The lowest BCUT2D eigenvalue weighted by Gasteiger charge is -2.11. The minimum Gasteiger partial charge on any atom is -0.387 e. The van der Waals surface area contributed by atoms with Crippen molar-refractivity contribution in [2.24, 2.45) is 11.7 Å². The number of hydrogen-bond donors (Lipinski definition) is 2. The Labute approximate surface area is 92.0 Å². The van der Waals surface area contributed by atoms with Gasteiger partial charge in [0.15, 0.2) is 0 Å². The average molecular weight is 204 g/mol. The summed E-state index contributed by atoms with van der Waals surface area (Å²) in [6, 6.07) is 8.41. The van der Waals surface area contributed by atoms with Crippen molar-refractivity contribution >= 4 is 5.84 Å². The molecular formula is C13H20N2. The topological polar surface area (TPSA) is 49.9 Å². The van der Waals surface area contributed by atoms with E-state index in [1.54, 1.807) is 0 Å². The average Bonchev–Trinajstić information content (AvgIpc) is 2.17. The summed E-state index contributed by atoms with van der Waals surface area (Å²) in [7, 11) is 0. The third kappa shape index (κ3) is 3.39. The van der Waals surface area contributed by atoms with Gasteiger partial charge in [-0.25, -0.2) is 0 Å². The van der Waals surface area contributed by atoms with Crippen molar-refractivity contribution in [2.45, 2.75) is 33.1 Å². The third-order valence-corrected chi connectivity index (χ3v) is 2.59. The van der Waals surface area contributed by atoms with Crippen molar-refractivity contribution in [1.82, 2.24) is 0 Å². The molecule has 2 heteroatoms. The minimum atomic E-state index is 0.0260. The van der Waals surface area contributed by atoms with Crippen LogP contribution < -0.4 is 5.73 Å². The zero-order valence-electron chi connectivity index (χ0n) is 9.75. The lowest BCUT2D eigenvalue weighted by atomic mass is 9.96. The molecule has 1 rings (SSSR count). The van der Waals surface area contributed by atoms with E-state index in [0.29, 0.717) is 5.92 Å². The molecule has 2 nitrogen and oxygen atoms in total. The third-order valence-electron chi connectivity index (χ3n) is 2.59. The number of hydrogen-bond acceptors (Lipinski definition) is 1. The molecular weight excluding hydrogens is 184 g/mol. The molecule has 0 aliphatic rings. The molecule has 0 spiro atoms. The van der Waals surface area contributed by atoms with E-state index in [4.69, 9.17) is 11.1 Å². The van der Waals surface area contributed by atoms with Gasteiger partial charge in [0.25, 0.3) is 0 Å². The molecule has 0 heterocycles. The van der Waals surface area contributed by atoms with Crippen LogP contribution in [0.15, 0.2) is 24.3 Å². The minimum absolute atomic E-state index is 0.0260.